The van der Waals surface area contributed by atoms with Gasteiger partial charge < -0.3 is 10.6 Å². The summed E-state index contributed by atoms with van der Waals surface area (Å²) < 4.78 is 0. The minimum absolute atomic E-state index is 0.0931. The molecule has 1 saturated carbocycles. The summed E-state index contributed by atoms with van der Waals surface area (Å²) >= 11 is 1.66. The fourth-order valence-corrected chi connectivity index (χ4v) is 3.02. The van der Waals surface area contributed by atoms with E-state index >= 15 is 0 Å². The van der Waals surface area contributed by atoms with Crippen LogP contribution < -0.4 is 10.6 Å². The molecule has 1 aromatic heterocycles. The van der Waals surface area contributed by atoms with E-state index in [1.807, 2.05) is 12.3 Å². The van der Waals surface area contributed by atoms with Crippen LogP contribution in [-0.4, -0.2) is 18.5 Å². The summed E-state index contributed by atoms with van der Waals surface area (Å²) in [6.07, 6.45) is 5.02. The Labute approximate surface area is 107 Å². The molecule has 4 heteroatoms. The molecule has 0 radical (unpaired) electrons. The molecular formula is C13H20N2OS. The first-order valence-corrected chi connectivity index (χ1v) is 7.25. The van der Waals surface area contributed by atoms with Crippen molar-refractivity contribution in [3.63, 3.8) is 0 Å². The van der Waals surface area contributed by atoms with Crippen LogP contribution in [0.3, 0.4) is 0 Å². The predicted octanol–water partition coefficient (Wildman–Crippen LogP) is 2.46. The third-order valence-electron chi connectivity index (χ3n) is 3.33. The van der Waals surface area contributed by atoms with Crippen molar-refractivity contribution >= 4 is 17.2 Å². The van der Waals surface area contributed by atoms with Crippen molar-refractivity contribution in [2.75, 3.05) is 6.54 Å². The highest BCUT2D eigenvalue weighted by Crippen LogP contribution is 2.17. The molecule has 1 aliphatic carbocycles. The summed E-state index contributed by atoms with van der Waals surface area (Å²) in [5.41, 5.74) is 1.18. The molecule has 1 aromatic rings. The van der Waals surface area contributed by atoms with Crippen LogP contribution in [0.25, 0.3) is 0 Å². The van der Waals surface area contributed by atoms with Crippen LogP contribution in [0.4, 0.5) is 0 Å². The molecule has 0 aliphatic heterocycles. The highest BCUT2D eigenvalue weighted by atomic mass is 32.1. The van der Waals surface area contributed by atoms with Gasteiger partial charge in [0.1, 0.15) is 0 Å². The lowest BCUT2D eigenvalue weighted by Crippen LogP contribution is -2.38. The molecule has 0 aromatic carbocycles. The fourth-order valence-electron chi connectivity index (χ4n) is 2.26. The predicted molar refractivity (Wildman–Crippen MR) is 71.1 cm³/mol. The van der Waals surface area contributed by atoms with Crippen LogP contribution in [0, 0.1) is 0 Å². The molecule has 94 valence electrons. The summed E-state index contributed by atoms with van der Waals surface area (Å²) in [7, 11) is 0. The van der Waals surface area contributed by atoms with Gasteiger partial charge in [0, 0.05) is 6.04 Å². The number of hydrogen-bond acceptors (Lipinski definition) is 3. The summed E-state index contributed by atoms with van der Waals surface area (Å²) in [6.45, 7) is 2.47. The van der Waals surface area contributed by atoms with Crippen LogP contribution in [-0.2, 0) is 4.79 Å². The molecule has 1 unspecified atom stereocenters. The number of carbonyl (C=O) groups excluding carboxylic acids is 1. The van der Waals surface area contributed by atoms with Crippen molar-refractivity contribution in [2.24, 2.45) is 0 Å². The lowest BCUT2D eigenvalue weighted by molar-refractivity contribution is -0.121. The van der Waals surface area contributed by atoms with Gasteiger partial charge in [-0.2, -0.15) is 11.3 Å². The summed E-state index contributed by atoms with van der Waals surface area (Å²) in [5, 5.41) is 10.4. The Bertz CT molecular complexity index is 344. The lowest BCUT2D eigenvalue weighted by atomic mass is 10.2. The molecule has 1 heterocycles. The van der Waals surface area contributed by atoms with E-state index in [0.717, 1.165) is 0 Å². The third-order valence-corrected chi connectivity index (χ3v) is 4.03. The van der Waals surface area contributed by atoms with E-state index in [4.69, 9.17) is 0 Å². The number of amides is 1. The maximum Gasteiger partial charge on any atom is 0.234 e. The van der Waals surface area contributed by atoms with E-state index in [1.165, 1.54) is 31.2 Å². The largest absolute Gasteiger partial charge is 0.348 e. The van der Waals surface area contributed by atoms with Crippen molar-refractivity contribution in [1.29, 1.82) is 0 Å². The van der Waals surface area contributed by atoms with Crippen molar-refractivity contribution in [3.8, 4) is 0 Å². The zero-order chi connectivity index (χ0) is 12.1. The van der Waals surface area contributed by atoms with Gasteiger partial charge in [-0.05, 0) is 42.2 Å². The van der Waals surface area contributed by atoms with Gasteiger partial charge in [0.15, 0.2) is 0 Å². The number of hydrogen-bond donors (Lipinski definition) is 2. The minimum atomic E-state index is 0.0931. The van der Waals surface area contributed by atoms with Crippen molar-refractivity contribution < 1.29 is 4.79 Å². The van der Waals surface area contributed by atoms with Crippen molar-refractivity contribution in [2.45, 2.75) is 44.7 Å². The first-order chi connectivity index (χ1) is 8.25. The highest BCUT2D eigenvalue weighted by Gasteiger charge is 2.16. The molecule has 3 nitrogen and oxygen atoms in total. The number of rotatable bonds is 5. The van der Waals surface area contributed by atoms with E-state index < -0.39 is 0 Å². The molecule has 0 saturated heterocycles. The molecule has 2 rings (SSSR count). The maximum atomic E-state index is 11.7. The maximum absolute atomic E-state index is 11.7. The summed E-state index contributed by atoms with van der Waals surface area (Å²) in [4.78, 5) is 11.7. The Morgan fingerprint density at radius 3 is 2.94 bits per heavy atom. The standard InChI is InChI=1S/C13H20N2OS/c1-10(11-6-7-17-9-11)15-13(16)8-14-12-4-2-3-5-12/h6-7,9-10,12,14H,2-5,8H2,1H3,(H,15,16). The van der Waals surface area contributed by atoms with Crippen LogP contribution in [0.1, 0.15) is 44.2 Å². The van der Waals surface area contributed by atoms with Gasteiger partial charge in [0.2, 0.25) is 5.91 Å². The van der Waals surface area contributed by atoms with E-state index in [2.05, 4.69) is 22.1 Å². The second kappa shape index (κ2) is 6.17. The van der Waals surface area contributed by atoms with E-state index in [0.29, 0.717) is 12.6 Å². The van der Waals surface area contributed by atoms with Crippen molar-refractivity contribution in [1.82, 2.24) is 10.6 Å². The Hall–Kier alpha value is -0.870. The van der Waals surface area contributed by atoms with Crippen LogP contribution in [0.15, 0.2) is 16.8 Å². The molecule has 17 heavy (non-hydrogen) atoms. The zero-order valence-corrected chi connectivity index (χ0v) is 11.1. The topological polar surface area (TPSA) is 41.1 Å². The molecule has 1 atom stereocenters. The highest BCUT2D eigenvalue weighted by molar-refractivity contribution is 7.07. The van der Waals surface area contributed by atoms with E-state index in [1.54, 1.807) is 11.3 Å². The van der Waals surface area contributed by atoms with Gasteiger partial charge in [0.05, 0.1) is 12.6 Å². The number of nitrogens with one attached hydrogen (secondary N) is 2. The number of thiophene rings is 1. The average molecular weight is 252 g/mol. The average Bonchev–Trinajstić information content (AvgIpc) is 2.99. The zero-order valence-electron chi connectivity index (χ0n) is 10.2. The van der Waals surface area contributed by atoms with Crippen LogP contribution in [0.5, 0.6) is 0 Å². The smallest absolute Gasteiger partial charge is 0.234 e. The minimum Gasteiger partial charge on any atom is -0.348 e. The van der Waals surface area contributed by atoms with Gasteiger partial charge in [-0.1, -0.05) is 12.8 Å². The van der Waals surface area contributed by atoms with E-state index in [-0.39, 0.29) is 11.9 Å². The summed E-state index contributed by atoms with van der Waals surface area (Å²) in [6, 6.07) is 2.72. The molecule has 2 N–H and O–H groups in total. The van der Waals surface area contributed by atoms with Gasteiger partial charge in [0.25, 0.3) is 0 Å². The van der Waals surface area contributed by atoms with Gasteiger partial charge in [-0.25, -0.2) is 0 Å². The molecular weight excluding hydrogens is 232 g/mol. The van der Waals surface area contributed by atoms with Gasteiger partial charge >= 0.3 is 0 Å². The van der Waals surface area contributed by atoms with Crippen molar-refractivity contribution in [3.05, 3.63) is 22.4 Å². The van der Waals surface area contributed by atoms with Gasteiger partial charge in [-0.3, -0.25) is 4.79 Å². The Morgan fingerprint density at radius 1 is 1.53 bits per heavy atom. The molecule has 1 fully saturated rings. The second-order valence-corrected chi connectivity index (χ2v) is 5.49. The fraction of sp³-hybridized carbons (Fsp3) is 0.615. The number of carbonyl (C=O) groups is 1. The monoisotopic (exact) mass is 252 g/mol. The Balaban J connectivity index is 1.69. The Morgan fingerprint density at radius 2 is 2.29 bits per heavy atom. The molecule has 1 amide bonds. The molecule has 0 spiro atoms. The lowest BCUT2D eigenvalue weighted by Gasteiger charge is -2.15. The molecule has 1 aliphatic rings. The SMILES string of the molecule is CC(NC(=O)CNC1CCCC1)c1ccsc1. The quantitative estimate of drug-likeness (QED) is 0.845. The Kier molecular flexibility index (Phi) is 4.57. The first kappa shape index (κ1) is 12.6. The van der Waals surface area contributed by atoms with Gasteiger partial charge in [-0.15, -0.1) is 0 Å². The van der Waals surface area contributed by atoms with Crippen LogP contribution >= 0.6 is 11.3 Å². The normalized spacial score (nSPS) is 18.2. The van der Waals surface area contributed by atoms with Crippen LogP contribution in [0.2, 0.25) is 0 Å². The third kappa shape index (κ3) is 3.82. The first-order valence-electron chi connectivity index (χ1n) is 6.30. The molecule has 0 bridgehead atoms. The van der Waals surface area contributed by atoms with E-state index in [9.17, 15) is 4.79 Å². The summed E-state index contributed by atoms with van der Waals surface area (Å²) in [5.74, 6) is 0.0931. The second-order valence-electron chi connectivity index (χ2n) is 4.71.